The van der Waals surface area contributed by atoms with Crippen LogP contribution in [-0.4, -0.2) is 12.9 Å². The fourth-order valence-electron chi connectivity index (χ4n) is 0.842. The predicted molar refractivity (Wildman–Crippen MR) is 58.0 cm³/mol. The number of methoxy groups -OCH3 is 1. The molecule has 0 bridgehead atoms. The largest absolute Gasteiger partial charge is 0.497 e. The summed E-state index contributed by atoms with van der Waals surface area (Å²) in [7, 11) is 1.66. The molecule has 0 atom stereocenters. The molecular formula is C11H12OS. The minimum atomic E-state index is 0.869. The highest BCUT2D eigenvalue weighted by molar-refractivity contribution is 8.03. The van der Waals surface area contributed by atoms with Crippen molar-refractivity contribution < 1.29 is 4.74 Å². The first kappa shape index (κ1) is 10.0. The van der Waals surface area contributed by atoms with E-state index in [0.717, 1.165) is 17.1 Å². The van der Waals surface area contributed by atoms with E-state index in [1.54, 1.807) is 18.9 Å². The number of rotatable bonds is 2. The Balaban J connectivity index is 2.65. The van der Waals surface area contributed by atoms with Crippen LogP contribution < -0.4 is 4.74 Å². The van der Waals surface area contributed by atoms with E-state index in [0.29, 0.717) is 0 Å². The number of ether oxygens (including phenoxy) is 1. The summed E-state index contributed by atoms with van der Waals surface area (Å²) in [4.78, 5) is 0. The van der Waals surface area contributed by atoms with E-state index in [2.05, 4.69) is 18.1 Å². The van der Waals surface area contributed by atoms with Gasteiger partial charge in [-0.2, -0.15) is 0 Å². The summed E-state index contributed by atoms with van der Waals surface area (Å²) < 4.78 is 5.04. The zero-order valence-corrected chi connectivity index (χ0v) is 8.65. The Morgan fingerprint density at radius 3 is 2.54 bits per heavy atom. The number of hydrogen-bond donors (Lipinski definition) is 0. The molecule has 1 aromatic rings. The van der Waals surface area contributed by atoms with Crippen LogP contribution in [-0.2, 0) is 0 Å². The van der Waals surface area contributed by atoms with Gasteiger partial charge in [-0.1, -0.05) is 24.6 Å². The van der Waals surface area contributed by atoms with Gasteiger partial charge in [-0.05, 0) is 29.5 Å². The number of benzene rings is 1. The second kappa shape index (κ2) is 5.55. The molecule has 0 fully saturated rings. The lowest BCUT2D eigenvalue weighted by Gasteiger charge is -1.97. The van der Waals surface area contributed by atoms with Crippen LogP contribution in [0.2, 0.25) is 0 Å². The predicted octanol–water partition coefficient (Wildman–Crippen LogP) is 2.76. The number of thioether (sulfide) groups is 1. The molecular weight excluding hydrogens is 180 g/mol. The standard InChI is InChI=1S/C11H12OS/c1-3-13-9-8-10-4-6-11(12-2)7-5-10/h4-7H,3H2,1-2H3. The Morgan fingerprint density at radius 1 is 1.31 bits per heavy atom. The Morgan fingerprint density at radius 2 is 2.00 bits per heavy atom. The molecule has 68 valence electrons. The van der Waals surface area contributed by atoms with Crippen molar-refractivity contribution in [1.82, 2.24) is 0 Å². The molecule has 0 spiro atoms. The van der Waals surface area contributed by atoms with Crippen molar-refractivity contribution >= 4 is 11.8 Å². The third kappa shape index (κ3) is 3.43. The van der Waals surface area contributed by atoms with E-state index in [1.807, 2.05) is 24.3 Å². The van der Waals surface area contributed by atoms with Crippen molar-refractivity contribution in [3.8, 4) is 16.9 Å². The average Bonchev–Trinajstić information content (AvgIpc) is 2.19. The van der Waals surface area contributed by atoms with Gasteiger partial charge in [-0.15, -0.1) is 0 Å². The molecule has 1 aromatic carbocycles. The third-order valence-corrected chi connectivity index (χ3v) is 2.04. The van der Waals surface area contributed by atoms with E-state index in [9.17, 15) is 0 Å². The van der Waals surface area contributed by atoms with Gasteiger partial charge in [-0.3, -0.25) is 0 Å². The Bertz CT molecular complexity index is 305. The zero-order valence-electron chi connectivity index (χ0n) is 7.83. The molecule has 0 saturated carbocycles. The van der Waals surface area contributed by atoms with E-state index in [-0.39, 0.29) is 0 Å². The van der Waals surface area contributed by atoms with Crippen molar-refractivity contribution in [1.29, 1.82) is 0 Å². The first-order valence-corrected chi connectivity index (χ1v) is 5.12. The molecule has 1 nitrogen and oxygen atoms in total. The van der Waals surface area contributed by atoms with Gasteiger partial charge in [0.05, 0.1) is 7.11 Å². The lowest BCUT2D eigenvalue weighted by molar-refractivity contribution is 0.415. The van der Waals surface area contributed by atoms with Crippen LogP contribution >= 0.6 is 11.8 Å². The Kier molecular flexibility index (Phi) is 4.28. The molecule has 0 amide bonds. The van der Waals surface area contributed by atoms with Crippen LogP contribution in [0.4, 0.5) is 0 Å². The molecule has 0 saturated heterocycles. The summed E-state index contributed by atoms with van der Waals surface area (Å²) in [5.74, 6) is 4.95. The Hall–Kier alpha value is -1.07. The molecule has 0 heterocycles. The SMILES string of the molecule is CCSC#Cc1ccc(OC)cc1. The van der Waals surface area contributed by atoms with Gasteiger partial charge in [0.1, 0.15) is 5.75 Å². The van der Waals surface area contributed by atoms with Crippen LogP contribution in [0.5, 0.6) is 5.75 Å². The fraction of sp³-hybridized carbons (Fsp3) is 0.273. The average molecular weight is 192 g/mol. The lowest BCUT2D eigenvalue weighted by atomic mass is 10.2. The molecule has 0 aliphatic carbocycles. The maximum Gasteiger partial charge on any atom is 0.118 e. The summed E-state index contributed by atoms with van der Waals surface area (Å²) in [6.45, 7) is 2.09. The highest BCUT2D eigenvalue weighted by atomic mass is 32.2. The molecule has 0 unspecified atom stereocenters. The van der Waals surface area contributed by atoms with Gasteiger partial charge in [0.15, 0.2) is 0 Å². The second-order valence-electron chi connectivity index (χ2n) is 2.39. The molecule has 1 rings (SSSR count). The van der Waals surface area contributed by atoms with Crippen LogP contribution in [0.15, 0.2) is 24.3 Å². The van der Waals surface area contributed by atoms with Crippen LogP contribution in [0.25, 0.3) is 0 Å². The topological polar surface area (TPSA) is 9.23 Å². The van der Waals surface area contributed by atoms with Crippen molar-refractivity contribution in [2.24, 2.45) is 0 Å². The van der Waals surface area contributed by atoms with Crippen LogP contribution in [0.1, 0.15) is 12.5 Å². The maximum atomic E-state index is 5.04. The normalized spacial score (nSPS) is 8.77. The third-order valence-electron chi connectivity index (χ3n) is 1.50. The van der Waals surface area contributed by atoms with Gasteiger partial charge < -0.3 is 4.74 Å². The summed E-state index contributed by atoms with van der Waals surface area (Å²) in [6, 6.07) is 7.76. The van der Waals surface area contributed by atoms with Gasteiger partial charge in [-0.25, -0.2) is 0 Å². The highest BCUT2D eigenvalue weighted by Crippen LogP contribution is 2.10. The molecule has 13 heavy (non-hydrogen) atoms. The molecule has 0 aliphatic rings. The van der Waals surface area contributed by atoms with E-state index >= 15 is 0 Å². The molecule has 0 radical (unpaired) electrons. The van der Waals surface area contributed by atoms with Gasteiger partial charge >= 0.3 is 0 Å². The summed E-state index contributed by atoms with van der Waals surface area (Å²) in [5, 5.41) is 3.01. The van der Waals surface area contributed by atoms with Gasteiger partial charge in [0.25, 0.3) is 0 Å². The second-order valence-corrected chi connectivity index (χ2v) is 3.46. The molecule has 0 aliphatic heterocycles. The van der Waals surface area contributed by atoms with Crippen molar-refractivity contribution in [2.75, 3.05) is 12.9 Å². The van der Waals surface area contributed by atoms with E-state index in [4.69, 9.17) is 4.74 Å². The summed E-state index contributed by atoms with van der Waals surface area (Å²) in [5.41, 5.74) is 1.03. The smallest absolute Gasteiger partial charge is 0.118 e. The van der Waals surface area contributed by atoms with Gasteiger partial charge in [0.2, 0.25) is 0 Å². The minimum Gasteiger partial charge on any atom is -0.497 e. The quantitative estimate of drug-likeness (QED) is 0.666. The molecule has 0 aromatic heterocycles. The van der Waals surface area contributed by atoms with E-state index < -0.39 is 0 Å². The molecule has 2 heteroatoms. The minimum absolute atomic E-state index is 0.869. The van der Waals surface area contributed by atoms with Crippen LogP contribution in [0.3, 0.4) is 0 Å². The fourth-order valence-corrected chi connectivity index (χ4v) is 1.18. The van der Waals surface area contributed by atoms with E-state index in [1.165, 1.54) is 0 Å². The summed E-state index contributed by atoms with van der Waals surface area (Å²) >= 11 is 1.62. The first-order valence-electron chi connectivity index (χ1n) is 4.13. The lowest BCUT2D eigenvalue weighted by Crippen LogP contribution is -1.81. The van der Waals surface area contributed by atoms with Crippen molar-refractivity contribution in [3.05, 3.63) is 29.8 Å². The monoisotopic (exact) mass is 192 g/mol. The maximum absolute atomic E-state index is 5.04. The molecule has 0 N–H and O–H groups in total. The first-order chi connectivity index (χ1) is 6.36. The Labute approximate surface area is 83.5 Å². The van der Waals surface area contributed by atoms with Gasteiger partial charge in [0, 0.05) is 11.3 Å². The van der Waals surface area contributed by atoms with Crippen molar-refractivity contribution in [2.45, 2.75) is 6.92 Å². The zero-order chi connectivity index (χ0) is 9.52. The summed E-state index contributed by atoms with van der Waals surface area (Å²) in [6.07, 6.45) is 0. The number of hydrogen-bond acceptors (Lipinski definition) is 2. The van der Waals surface area contributed by atoms with Crippen molar-refractivity contribution in [3.63, 3.8) is 0 Å². The highest BCUT2D eigenvalue weighted by Gasteiger charge is 1.88. The van der Waals surface area contributed by atoms with Crippen LogP contribution in [0, 0.1) is 11.2 Å².